The molecule has 1 rings (SSSR count). The summed E-state index contributed by atoms with van der Waals surface area (Å²) in [6.07, 6.45) is 2.07. The Bertz CT molecular complexity index is 349. The van der Waals surface area contributed by atoms with E-state index in [-0.39, 0.29) is 18.4 Å². The van der Waals surface area contributed by atoms with Crippen molar-refractivity contribution in [3.05, 3.63) is 0 Å². The fourth-order valence-corrected chi connectivity index (χ4v) is 3.04. The first kappa shape index (κ1) is 15.9. The summed E-state index contributed by atoms with van der Waals surface area (Å²) in [6, 6.07) is 0. The second-order valence-electron chi connectivity index (χ2n) is 5.13. The van der Waals surface area contributed by atoms with Crippen LogP contribution >= 0.6 is 0 Å². The van der Waals surface area contributed by atoms with E-state index in [1.165, 1.54) is 4.90 Å². The first-order valence-corrected chi connectivity index (χ1v) is 7.18. The summed E-state index contributed by atoms with van der Waals surface area (Å²) in [5, 5.41) is 2.91. The summed E-state index contributed by atoms with van der Waals surface area (Å²) < 4.78 is 12.8. The average molecular weight is 272 g/mol. The second kappa shape index (κ2) is 5.88. The van der Waals surface area contributed by atoms with Gasteiger partial charge in [-0.1, -0.05) is 27.7 Å². The van der Waals surface area contributed by atoms with E-state index in [0.717, 1.165) is 0 Å². The number of alkyl halides is 1. The van der Waals surface area contributed by atoms with Gasteiger partial charge in [0.2, 0.25) is 11.8 Å². The highest BCUT2D eigenvalue weighted by Crippen LogP contribution is 2.34. The molecule has 1 aliphatic heterocycles. The van der Waals surface area contributed by atoms with Crippen LogP contribution in [0.5, 0.6) is 0 Å². The predicted molar refractivity (Wildman–Crippen MR) is 72.5 cm³/mol. The number of nitrogens with zero attached hydrogens (tertiary/aromatic N) is 1. The normalized spacial score (nSPS) is 21.4. The molecule has 110 valence electrons. The van der Waals surface area contributed by atoms with Crippen LogP contribution in [0, 0.1) is 0 Å². The monoisotopic (exact) mass is 272 g/mol. The molecule has 0 bridgehead atoms. The van der Waals surface area contributed by atoms with E-state index in [0.29, 0.717) is 25.7 Å². The molecule has 0 aromatic heterocycles. The first-order chi connectivity index (χ1) is 8.97. The maximum Gasteiger partial charge on any atom is 0.249 e. The third kappa shape index (κ3) is 2.23. The maximum atomic E-state index is 12.8. The zero-order valence-corrected chi connectivity index (χ0v) is 12.4. The summed E-state index contributed by atoms with van der Waals surface area (Å²) in [5.74, 6) is -0.285. The minimum atomic E-state index is -0.892. The molecule has 1 aliphatic rings. The number of piperazine rings is 1. The van der Waals surface area contributed by atoms with Crippen LogP contribution in [-0.2, 0) is 9.59 Å². The van der Waals surface area contributed by atoms with Gasteiger partial charge in [-0.25, -0.2) is 4.39 Å². The Kier molecular flexibility index (Phi) is 4.93. The average Bonchev–Trinajstić information content (AvgIpc) is 2.44. The maximum absolute atomic E-state index is 12.8. The molecular weight excluding hydrogens is 247 g/mol. The Morgan fingerprint density at radius 1 is 1.05 bits per heavy atom. The molecule has 5 heteroatoms. The van der Waals surface area contributed by atoms with Crippen LogP contribution in [0.15, 0.2) is 0 Å². The molecule has 0 aromatic carbocycles. The van der Waals surface area contributed by atoms with Crippen LogP contribution in [-0.4, -0.2) is 41.0 Å². The highest BCUT2D eigenvalue weighted by atomic mass is 19.1. The van der Waals surface area contributed by atoms with Gasteiger partial charge < -0.3 is 10.2 Å². The Morgan fingerprint density at radius 3 is 1.95 bits per heavy atom. The highest BCUT2D eigenvalue weighted by Gasteiger charge is 2.55. The molecule has 0 aliphatic carbocycles. The minimum absolute atomic E-state index is 0.00428. The molecule has 1 saturated heterocycles. The second-order valence-corrected chi connectivity index (χ2v) is 5.13. The standard InChI is InChI=1S/C14H25FN2O2/c1-5-13(6-2)12(19)17(10-9-15)14(7-3,8-4)11(18)16-13/h5-10H2,1-4H3,(H,16,18). The van der Waals surface area contributed by atoms with E-state index in [9.17, 15) is 14.0 Å². The molecule has 4 nitrogen and oxygen atoms in total. The molecule has 0 radical (unpaired) electrons. The van der Waals surface area contributed by atoms with Crippen LogP contribution in [0.3, 0.4) is 0 Å². The number of amides is 2. The van der Waals surface area contributed by atoms with Gasteiger partial charge in [-0.05, 0) is 25.7 Å². The zero-order chi connectivity index (χ0) is 14.7. The molecule has 0 saturated carbocycles. The quantitative estimate of drug-likeness (QED) is 0.804. The summed E-state index contributed by atoms with van der Waals surface area (Å²) in [5.41, 5.74) is -1.75. The number of rotatable bonds is 6. The lowest BCUT2D eigenvalue weighted by Gasteiger charge is -2.51. The lowest BCUT2D eigenvalue weighted by atomic mass is 9.79. The molecule has 0 aromatic rings. The summed E-state index contributed by atoms with van der Waals surface area (Å²) in [4.78, 5) is 26.7. The highest BCUT2D eigenvalue weighted by molar-refractivity contribution is 6.02. The number of nitrogens with one attached hydrogen (secondary N) is 1. The number of hydrogen-bond acceptors (Lipinski definition) is 2. The van der Waals surface area contributed by atoms with Crippen molar-refractivity contribution in [3.8, 4) is 0 Å². The van der Waals surface area contributed by atoms with Gasteiger partial charge in [0.25, 0.3) is 0 Å². The smallest absolute Gasteiger partial charge is 0.249 e. The van der Waals surface area contributed by atoms with Crippen molar-refractivity contribution in [2.75, 3.05) is 13.2 Å². The van der Waals surface area contributed by atoms with Crippen LogP contribution in [0.1, 0.15) is 53.4 Å². The predicted octanol–water partition coefficient (Wildman–Crippen LogP) is 2.03. The van der Waals surface area contributed by atoms with Gasteiger partial charge >= 0.3 is 0 Å². The van der Waals surface area contributed by atoms with E-state index in [1.54, 1.807) is 0 Å². The Labute approximate surface area is 114 Å². The summed E-state index contributed by atoms with van der Waals surface area (Å²) in [6.45, 7) is 6.86. The van der Waals surface area contributed by atoms with Gasteiger partial charge in [-0.2, -0.15) is 0 Å². The van der Waals surface area contributed by atoms with Gasteiger partial charge in [-0.15, -0.1) is 0 Å². The van der Waals surface area contributed by atoms with Gasteiger partial charge in [0.1, 0.15) is 17.8 Å². The van der Waals surface area contributed by atoms with Gasteiger partial charge in [-0.3, -0.25) is 9.59 Å². The van der Waals surface area contributed by atoms with Crippen molar-refractivity contribution in [1.29, 1.82) is 0 Å². The topological polar surface area (TPSA) is 49.4 Å². The molecular formula is C14H25FN2O2. The van der Waals surface area contributed by atoms with Gasteiger partial charge in [0.05, 0.1) is 6.54 Å². The van der Waals surface area contributed by atoms with E-state index in [2.05, 4.69) is 5.32 Å². The Morgan fingerprint density at radius 2 is 1.58 bits per heavy atom. The summed E-state index contributed by atoms with van der Waals surface area (Å²) in [7, 11) is 0. The molecule has 0 spiro atoms. The van der Waals surface area contributed by atoms with Crippen LogP contribution in [0.2, 0.25) is 0 Å². The van der Waals surface area contributed by atoms with Gasteiger partial charge in [0, 0.05) is 0 Å². The van der Waals surface area contributed by atoms with Crippen molar-refractivity contribution in [2.45, 2.75) is 64.5 Å². The molecule has 0 unspecified atom stereocenters. The number of halogens is 1. The molecule has 0 atom stereocenters. The van der Waals surface area contributed by atoms with Crippen LogP contribution in [0.4, 0.5) is 4.39 Å². The van der Waals surface area contributed by atoms with Crippen LogP contribution < -0.4 is 5.32 Å². The molecule has 2 amide bonds. The van der Waals surface area contributed by atoms with Crippen molar-refractivity contribution in [3.63, 3.8) is 0 Å². The largest absolute Gasteiger partial charge is 0.340 e. The fourth-order valence-electron chi connectivity index (χ4n) is 3.04. The van der Waals surface area contributed by atoms with Crippen LogP contribution in [0.25, 0.3) is 0 Å². The molecule has 1 heterocycles. The molecule has 1 fully saturated rings. The van der Waals surface area contributed by atoms with Crippen molar-refractivity contribution < 1.29 is 14.0 Å². The SMILES string of the molecule is CCC1(CC)NC(=O)C(CC)(CC)N(CCF)C1=O. The lowest BCUT2D eigenvalue weighted by Crippen LogP contribution is -2.75. The van der Waals surface area contributed by atoms with Crippen molar-refractivity contribution in [1.82, 2.24) is 10.2 Å². The van der Waals surface area contributed by atoms with E-state index in [4.69, 9.17) is 0 Å². The number of carbonyl (C=O) groups excluding carboxylic acids is 2. The van der Waals surface area contributed by atoms with E-state index >= 15 is 0 Å². The van der Waals surface area contributed by atoms with E-state index < -0.39 is 17.8 Å². The fraction of sp³-hybridized carbons (Fsp3) is 0.857. The van der Waals surface area contributed by atoms with Gasteiger partial charge in [0.15, 0.2) is 0 Å². The third-order valence-electron chi connectivity index (χ3n) is 4.63. The third-order valence-corrected chi connectivity index (χ3v) is 4.63. The first-order valence-electron chi connectivity index (χ1n) is 7.18. The summed E-state index contributed by atoms with van der Waals surface area (Å²) >= 11 is 0. The minimum Gasteiger partial charge on any atom is -0.340 e. The van der Waals surface area contributed by atoms with Crippen molar-refractivity contribution in [2.24, 2.45) is 0 Å². The van der Waals surface area contributed by atoms with E-state index in [1.807, 2.05) is 27.7 Å². The Hall–Kier alpha value is -1.13. The zero-order valence-electron chi connectivity index (χ0n) is 12.4. The number of carbonyl (C=O) groups is 2. The lowest BCUT2D eigenvalue weighted by molar-refractivity contribution is -0.164. The number of hydrogen-bond donors (Lipinski definition) is 1. The van der Waals surface area contributed by atoms with Crippen molar-refractivity contribution >= 4 is 11.8 Å². The Balaban J connectivity index is 3.27. The molecule has 19 heavy (non-hydrogen) atoms. The molecule has 1 N–H and O–H groups in total.